The van der Waals surface area contributed by atoms with Crippen LogP contribution in [0.1, 0.15) is 16.1 Å². The van der Waals surface area contributed by atoms with Gasteiger partial charge in [-0.05, 0) is 54.1 Å². The lowest BCUT2D eigenvalue weighted by atomic mass is 10.1. The van der Waals surface area contributed by atoms with Crippen LogP contribution in [0.25, 0.3) is 11.4 Å². The van der Waals surface area contributed by atoms with E-state index in [1.165, 1.54) is 4.68 Å². The van der Waals surface area contributed by atoms with Gasteiger partial charge < -0.3 is 19.2 Å². The lowest BCUT2D eigenvalue weighted by Gasteiger charge is -2.07. The zero-order chi connectivity index (χ0) is 21.6. The van der Waals surface area contributed by atoms with Crippen LogP contribution in [0, 0.1) is 0 Å². The van der Waals surface area contributed by atoms with E-state index in [1.54, 1.807) is 26.5 Å². The van der Waals surface area contributed by atoms with E-state index in [-0.39, 0.29) is 12.3 Å². The molecule has 4 aromatic rings. The number of anilines is 1. The molecular formula is C23H22N4O4. The van der Waals surface area contributed by atoms with Crippen molar-refractivity contribution in [3.63, 3.8) is 0 Å². The monoisotopic (exact) mass is 418 g/mol. The van der Waals surface area contributed by atoms with Gasteiger partial charge in [0.2, 0.25) is 5.95 Å². The number of rotatable bonds is 8. The Balaban J connectivity index is 1.60. The van der Waals surface area contributed by atoms with Crippen molar-refractivity contribution in [1.82, 2.24) is 14.8 Å². The van der Waals surface area contributed by atoms with Crippen molar-refractivity contribution in [2.75, 3.05) is 19.5 Å². The summed E-state index contributed by atoms with van der Waals surface area (Å²) in [5.41, 5.74) is 1.63. The van der Waals surface area contributed by atoms with Crippen LogP contribution in [0.2, 0.25) is 0 Å². The van der Waals surface area contributed by atoms with E-state index in [2.05, 4.69) is 15.4 Å². The topological polar surface area (TPSA) is 91.4 Å². The first-order valence-corrected chi connectivity index (χ1v) is 9.70. The van der Waals surface area contributed by atoms with Gasteiger partial charge in [-0.2, -0.15) is 9.67 Å². The van der Waals surface area contributed by atoms with Gasteiger partial charge in [-0.1, -0.05) is 12.1 Å². The van der Waals surface area contributed by atoms with Crippen LogP contribution in [0.5, 0.6) is 11.5 Å². The van der Waals surface area contributed by atoms with Crippen LogP contribution in [0.4, 0.5) is 5.95 Å². The molecule has 0 amide bonds. The van der Waals surface area contributed by atoms with Crippen LogP contribution in [0.15, 0.2) is 71.3 Å². The molecule has 8 nitrogen and oxygen atoms in total. The minimum absolute atomic E-state index is 0.171. The summed E-state index contributed by atoms with van der Waals surface area (Å²) >= 11 is 0. The smallest absolute Gasteiger partial charge is 0.254 e. The molecule has 31 heavy (non-hydrogen) atoms. The van der Waals surface area contributed by atoms with Crippen molar-refractivity contribution in [2.24, 2.45) is 0 Å². The predicted molar refractivity (Wildman–Crippen MR) is 115 cm³/mol. The molecule has 0 unspecified atom stereocenters. The molecule has 1 N–H and O–H groups in total. The number of nitrogens with zero attached hydrogens (tertiary/aromatic N) is 3. The average molecular weight is 418 g/mol. The number of carbonyl (C=O) groups excluding carboxylic acids is 1. The maximum Gasteiger partial charge on any atom is 0.254 e. The molecule has 4 rings (SSSR count). The molecule has 0 saturated carbocycles. The third-order valence-electron chi connectivity index (χ3n) is 4.71. The van der Waals surface area contributed by atoms with Gasteiger partial charge in [-0.25, -0.2) is 0 Å². The lowest BCUT2D eigenvalue weighted by Crippen LogP contribution is -2.18. The summed E-state index contributed by atoms with van der Waals surface area (Å²) in [6.45, 7) is 0.379. The van der Waals surface area contributed by atoms with Crippen molar-refractivity contribution in [3.05, 3.63) is 78.3 Å². The Labute approximate surface area is 179 Å². The highest BCUT2D eigenvalue weighted by molar-refractivity contribution is 5.83. The minimum atomic E-state index is -0.209. The lowest BCUT2D eigenvalue weighted by molar-refractivity contribution is 0.0901. The summed E-state index contributed by atoms with van der Waals surface area (Å²) < 4.78 is 17.0. The Morgan fingerprint density at radius 1 is 1.00 bits per heavy atom. The zero-order valence-corrected chi connectivity index (χ0v) is 17.2. The van der Waals surface area contributed by atoms with E-state index < -0.39 is 0 Å². The Morgan fingerprint density at radius 3 is 2.29 bits per heavy atom. The SMILES string of the molecule is COc1ccc(CC(=O)n2nc(-c3ccc(OC)cc3)nc2NCc2ccco2)cc1. The number of carbonyl (C=O) groups is 1. The van der Waals surface area contributed by atoms with Crippen molar-refractivity contribution < 1.29 is 18.7 Å². The summed E-state index contributed by atoms with van der Waals surface area (Å²) in [4.78, 5) is 17.6. The predicted octanol–water partition coefficient (Wildman–Crippen LogP) is 4.05. The molecule has 0 bridgehead atoms. The fourth-order valence-electron chi connectivity index (χ4n) is 3.04. The normalized spacial score (nSPS) is 10.6. The summed E-state index contributed by atoms with van der Waals surface area (Å²) in [6.07, 6.45) is 1.77. The number of benzene rings is 2. The van der Waals surface area contributed by atoms with Crippen LogP contribution >= 0.6 is 0 Å². The number of hydrogen-bond acceptors (Lipinski definition) is 7. The Kier molecular flexibility index (Phi) is 5.98. The number of ether oxygens (including phenoxy) is 2. The van der Waals surface area contributed by atoms with Gasteiger partial charge in [0.1, 0.15) is 17.3 Å². The van der Waals surface area contributed by atoms with Crippen molar-refractivity contribution in [1.29, 1.82) is 0 Å². The molecular weight excluding hydrogens is 396 g/mol. The molecule has 158 valence electrons. The first kappa shape index (κ1) is 20.2. The standard InChI is InChI=1S/C23H22N4O4/c1-29-18-9-5-16(6-10-18)14-21(28)27-23(24-15-20-4-3-13-31-20)25-22(26-27)17-7-11-19(30-2)12-8-17/h3-13H,14-15H2,1-2H3,(H,24,25,26). The molecule has 0 aliphatic carbocycles. The first-order valence-electron chi connectivity index (χ1n) is 9.70. The van der Waals surface area contributed by atoms with E-state index in [4.69, 9.17) is 13.9 Å². The van der Waals surface area contributed by atoms with Gasteiger partial charge in [0.25, 0.3) is 5.91 Å². The van der Waals surface area contributed by atoms with E-state index in [9.17, 15) is 4.79 Å². The second-order valence-corrected chi connectivity index (χ2v) is 6.75. The van der Waals surface area contributed by atoms with Gasteiger partial charge in [0, 0.05) is 5.56 Å². The summed E-state index contributed by atoms with van der Waals surface area (Å²) in [5.74, 6) is 2.77. The fraction of sp³-hybridized carbons (Fsp3) is 0.174. The maximum atomic E-state index is 13.0. The largest absolute Gasteiger partial charge is 0.497 e. The third-order valence-corrected chi connectivity index (χ3v) is 4.71. The molecule has 0 atom stereocenters. The second-order valence-electron chi connectivity index (χ2n) is 6.75. The highest BCUT2D eigenvalue weighted by Gasteiger charge is 2.18. The Morgan fingerprint density at radius 2 is 1.68 bits per heavy atom. The molecule has 8 heteroatoms. The van der Waals surface area contributed by atoms with Gasteiger partial charge >= 0.3 is 0 Å². The van der Waals surface area contributed by atoms with E-state index in [0.717, 1.165) is 28.4 Å². The minimum Gasteiger partial charge on any atom is -0.497 e. The van der Waals surface area contributed by atoms with Crippen molar-refractivity contribution in [2.45, 2.75) is 13.0 Å². The number of hydrogen-bond donors (Lipinski definition) is 1. The highest BCUT2D eigenvalue weighted by Crippen LogP contribution is 2.22. The van der Waals surface area contributed by atoms with Crippen LogP contribution in [-0.2, 0) is 13.0 Å². The molecule has 2 aromatic carbocycles. The molecule has 0 fully saturated rings. The fourth-order valence-corrected chi connectivity index (χ4v) is 3.04. The van der Waals surface area contributed by atoms with Crippen molar-refractivity contribution >= 4 is 11.9 Å². The summed E-state index contributed by atoms with van der Waals surface area (Å²) in [5, 5.41) is 7.61. The third kappa shape index (κ3) is 4.75. The number of methoxy groups -OCH3 is 2. The number of furan rings is 1. The molecule has 0 aliphatic rings. The zero-order valence-electron chi connectivity index (χ0n) is 17.2. The van der Waals surface area contributed by atoms with E-state index in [1.807, 2.05) is 54.6 Å². The number of aromatic nitrogens is 3. The molecule has 2 aromatic heterocycles. The first-order chi connectivity index (χ1) is 15.2. The summed E-state index contributed by atoms with van der Waals surface area (Å²) in [6, 6.07) is 18.4. The molecule has 2 heterocycles. The highest BCUT2D eigenvalue weighted by atomic mass is 16.5. The quantitative estimate of drug-likeness (QED) is 0.461. The Hall–Kier alpha value is -4.07. The van der Waals surface area contributed by atoms with E-state index in [0.29, 0.717) is 18.3 Å². The number of nitrogens with one attached hydrogen (secondary N) is 1. The van der Waals surface area contributed by atoms with Gasteiger partial charge in [0.05, 0.1) is 33.4 Å². The van der Waals surface area contributed by atoms with Gasteiger partial charge in [0.15, 0.2) is 5.82 Å². The maximum absolute atomic E-state index is 13.0. The molecule has 0 radical (unpaired) electrons. The molecule has 0 spiro atoms. The van der Waals surface area contributed by atoms with Crippen molar-refractivity contribution in [3.8, 4) is 22.9 Å². The molecule has 0 saturated heterocycles. The average Bonchev–Trinajstić information content (AvgIpc) is 3.48. The van der Waals surface area contributed by atoms with E-state index >= 15 is 0 Å². The van der Waals surface area contributed by atoms with Crippen LogP contribution in [0.3, 0.4) is 0 Å². The van der Waals surface area contributed by atoms with Crippen LogP contribution in [-0.4, -0.2) is 34.9 Å². The molecule has 0 aliphatic heterocycles. The summed E-state index contributed by atoms with van der Waals surface area (Å²) in [7, 11) is 3.21. The Bertz CT molecular complexity index is 1130. The van der Waals surface area contributed by atoms with Crippen LogP contribution < -0.4 is 14.8 Å². The van der Waals surface area contributed by atoms with Gasteiger partial charge in [-0.3, -0.25) is 4.79 Å². The van der Waals surface area contributed by atoms with Gasteiger partial charge in [-0.15, -0.1) is 5.10 Å². The second kappa shape index (κ2) is 9.17.